The average Bonchev–Trinajstić information content (AvgIpc) is 2.76. The molecule has 0 spiro atoms. The predicted octanol–water partition coefficient (Wildman–Crippen LogP) is 6.30. The van der Waals surface area contributed by atoms with Gasteiger partial charge in [0, 0.05) is 11.1 Å². The molecule has 0 amide bonds. The van der Waals surface area contributed by atoms with Crippen molar-refractivity contribution in [3.8, 4) is 33.8 Å². The van der Waals surface area contributed by atoms with E-state index in [0.29, 0.717) is 44.5 Å². The number of aromatic hydroxyl groups is 2. The van der Waals surface area contributed by atoms with E-state index in [0.717, 1.165) is 22.3 Å². The van der Waals surface area contributed by atoms with Crippen molar-refractivity contribution in [3.05, 3.63) is 67.8 Å². The van der Waals surface area contributed by atoms with Crippen LogP contribution in [0.1, 0.15) is 65.2 Å². The topological polar surface area (TPSA) is 115 Å². The van der Waals surface area contributed by atoms with Crippen molar-refractivity contribution in [2.45, 2.75) is 55.4 Å². The molecule has 0 saturated carbocycles. The van der Waals surface area contributed by atoms with Gasteiger partial charge in [-0.05, 0) is 123 Å². The van der Waals surface area contributed by atoms with Crippen LogP contribution >= 0.6 is 0 Å². The maximum atomic E-state index is 12.2. The number of aryl methyl sites for hydroxylation is 2. The van der Waals surface area contributed by atoms with E-state index in [4.69, 9.17) is 0 Å². The molecule has 0 atom stereocenters. The zero-order valence-electron chi connectivity index (χ0n) is 20.8. The molecule has 0 radical (unpaired) electrons. The second-order valence-electron chi connectivity index (χ2n) is 9.04. The van der Waals surface area contributed by atoms with E-state index in [1.807, 2.05) is 27.7 Å². The van der Waals surface area contributed by atoms with Crippen LogP contribution in [0.2, 0.25) is 0 Å². The SMILES string of the molecule is Cc1cc(C(=O)O)c(-c2c(C)c(C)c(-c3c(C(=O)O)cc(C)c(O)c3C)c(C)c2C)c(C)c1O. The first kappa shape index (κ1) is 24.8. The molecule has 0 heterocycles. The summed E-state index contributed by atoms with van der Waals surface area (Å²) in [4.78, 5) is 24.3. The summed E-state index contributed by atoms with van der Waals surface area (Å²) in [6, 6.07) is 2.95. The molecule has 6 nitrogen and oxygen atoms in total. The molecule has 0 aliphatic rings. The van der Waals surface area contributed by atoms with Gasteiger partial charge in [0.2, 0.25) is 0 Å². The van der Waals surface area contributed by atoms with Crippen molar-refractivity contribution in [2.75, 3.05) is 0 Å². The highest BCUT2D eigenvalue weighted by atomic mass is 16.4. The Hall–Kier alpha value is -3.80. The minimum atomic E-state index is -1.09. The highest BCUT2D eigenvalue weighted by molar-refractivity contribution is 6.02. The van der Waals surface area contributed by atoms with Crippen LogP contribution in [-0.4, -0.2) is 32.4 Å². The molecule has 0 aromatic heterocycles. The summed E-state index contributed by atoms with van der Waals surface area (Å²) in [7, 11) is 0. The number of phenolic OH excluding ortho intramolecular Hbond substituents is 2. The van der Waals surface area contributed by atoms with Gasteiger partial charge in [0.05, 0.1) is 11.1 Å². The van der Waals surface area contributed by atoms with E-state index in [-0.39, 0.29) is 22.6 Å². The number of hydrogen-bond donors (Lipinski definition) is 4. The van der Waals surface area contributed by atoms with Crippen LogP contribution < -0.4 is 0 Å². The van der Waals surface area contributed by atoms with Gasteiger partial charge < -0.3 is 20.4 Å². The number of carbonyl (C=O) groups is 2. The van der Waals surface area contributed by atoms with E-state index in [2.05, 4.69) is 0 Å². The largest absolute Gasteiger partial charge is 0.507 e. The Balaban J connectivity index is 2.53. The average molecular weight is 463 g/mol. The zero-order chi connectivity index (χ0) is 25.8. The quantitative estimate of drug-likeness (QED) is 0.362. The number of hydrogen-bond acceptors (Lipinski definition) is 4. The highest BCUT2D eigenvalue weighted by Gasteiger charge is 2.27. The van der Waals surface area contributed by atoms with Crippen LogP contribution in [0.15, 0.2) is 12.1 Å². The second kappa shape index (κ2) is 8.52. The van der Waals surface area contributed by atoms with Gasteiger partial charge in [0.25, 0.3) is 0 Å². The summed E-state index contributed by atoms with van der Waals surface area (Å²) in [5.41, 5.74) is 7.54. The molecule has 0 fully saturated rings. The van der Waals surface area contributed by atoms with Crippen LogP contribution in [0.3, 0.4) is 0 Å². The molecule has 3 aromatic carbocycles. The molecule has 0 aliphatic carbocycles. The maximum absolute atomic E-state index is 12.2. The number of aromatic carboxylic acids is 2. The third-order valence-electron chi connectivity index (χ3n) is 7.05. The van der Waals surface area contributed by atoms with Crippen molar-refractivity contribution < 1.29 is 30.0 Å². The highest BCUT2D eigenvalue weighted by Crippen LogP contribution is 2.46. The van der Waals surface area contributed by atoms with Crippen LogP contribution in [0.5, 0.6) is 11.5 Å². The van der Waals surface area contributed by atoms with E-state index in [9.17, 15) is 30.0 Å². The lowest BCUT2D eigenvalue weighted by atomic mass is 9.78. The fraction of sp³-hybridized carbons (Fsp3) is 0.286. The molecular weight excluding hydrogens is 432 g/mol. The fourth-order valence-corrected chi connectivity index (χ4v) is 4.99. The van der Waals surface area contributed by atoms with Gasteiger partial charge in [-0.2, -0.15) is 0 Å². The standard InChI is InChI=1S/C28H30O6/c1-11-9-19(27(31)32)23(17(7)25(11)29)21-13(3)15(5)22(16(6)14(21)4)24-18(8)26(30)12(2)10-20(24)28(33)34/h9-10,29-30H,1-8H3,(H,31,32)(H,33,34). The third kappa shape index (κ3) is 3.59. The van der Waals surface area contributed by atoms with Crippen LogP contribution in [-0.2, 0) is 0 Å². The summed E-state index contributed by atoms with van der Waals surface area (Å²) in [6.45, 7) is 14.2. The molecule has 3 rings (SSSR count). The summed E-state index contributed by atoms with van der Waals surface area (Å²) in [5.74, 6) is -2.09. The number of carboxylic acids is 2. The van der Waals surface area contributed by atoms with Gasteiger partial charge in [0.1, 0.15) is 11.5 Å². The monoisotopic (exact) mass is 462 g/mol. The van der Waals surface area contributed by atoms with E-state index >= 15 is 0 Å². The van der Waals surface area contributed by atoms with Crippen molar-refractivity contribution in [1.82, 2.24) is 0 Å². The summed E-state index contributed by atoms with van der Waals surface area (Å²) < 4.78 is 0. The Labute approximate surface area is 199 Å². The molecule has 6 heteroatoms. The molecule has 178 valence electrons. The molecule has 0 bridgehead atoms. The molecular formula is C28H30O6. The minimum Gasteiger partial charge on any atom is -0.507 e. The Morgan fingerprint density at radius 1 is 0.500 bits per heavy atom. The molecule has 0 saturated heterocycles. The number of benzene rings is 3. The normalized spacial score (nSPS) is 11.1. The zero-order valence-corrected chi connectivity index (χ0v) is 20.8. The molecule has 0 aliphatic heterocycles. The number of phenols is 2. The number of carboxylic acid groups (broad SMARTS) is 2. The summed E-state index contributed by atoms with van der Waals surface area (Å²) >= 11 is 0. The van der Waals surface area contributed by atoms with Gasteiger partial charge in [0.15, 0.2) is 0 Å². The van der Waals surface area contributed by atoms with Gasteiger partial charge in [-0.3, -0.25) is 0 Å². The second-order valence-corrected chi connectivity index (χ2v) is 9.04. The Bertz CT molecular complexity index is 1260. The lowest BCUT2D eigenvalue weighted by Gasteiger charge is -2.25. The smallest absolute Gasteiger partial charge is 0.336 e. The maximum Gasteiger partial charge on any atom is 0.336 e. The van der Waals surface area contributed by atoms with Gasteiger partial charge in [-0.25, -0.2) is 9.59 Å². The van der Waals surface area contributed by atoms with Crippen molar-refractivity contribution in [3.63, 3.8) is 0 Å². The summed E-state index contributed by atoms with van der Waals surface area (Å²) in [6.07, 6.45) is 0. The predicted molar refractivity (Wildman–Crippen MR) is 132 cm³/mol. The lowest BCUT2D eigenvalue weighted by molar-refractivity contribution is 0.0686. The van der Waals surface area contributed by atoms with E-state index in [1.54, 1.807) is 27.7 Å². The van der Waals surface area contributed by atoms with Crippen LogP contribution in [0.25, 0.3) is 22.3 Å². The van der Waals surface area contributed by atoms with Crippen LogP contribution in [0.4, 0.5) is 0 Å². The first-order chi connectivity index (χ1) is 15.7. The van der Waals surface area contributed by atoms with E-state index in [1.165, 1.54) is 12.1 Å². The van der Waals surface area contributed by atoms with Gasteiger partial charge in [-0.15, -0.1) is 0 Å². The van der Waals surface area contributed by atoms with Gasteiger partial charge in [-0.1, -0.05) is 0 Å². The van der Waals surface area contributed by atoms with Crippen molar-refractivity contribution >= 4 is 11.9 Å². The van der Waals surface area contributed by atoms with E-state index < -0.39 is 11.9 Å². The van der Waals surface area contributed by atoms with Crippen molar-refractivity contribution in [2.24, 2.45) is 0 Å². The number of rotatable bonds is 4. The van der Waals surface area contributed by atoms with Crippen molar-refractivity contribution in [1.29, 1.82) is 0 Å². The van der Waals surface area contributed by atoms with Crippen LogP contribution in [0, 0.1) is 55.4 Å². The molecule has 4 N–H and O–H groups in total. The Kier molecular flexibility index (Phi) is 6.22. The first-order valence-electron chi connectivity index (χ1n) is 11.0. The lowest BCUT2D eigenvalue weighted by Crippen LogP contribution is -2.09. The fourth-order valence-electron chi connectivity index (χ4n) is 4.99. The van der Waals surface area contributed by atoms with Gasteiger partial charge >= 0.3 is 11.9 Å². The first-order valence-corrected chi connectivity index (χ1v) is 11.0. The molecule has 34 heavy (non-hydrogen) atoms. The molecule has 0 unspecified atom stereocenters. The Morgan fingerprint density at radius 3 is 1.00 bits per heavy atom. The third-order valence-corrected chi connectivity index (χ3v) is 7.05. The minimum absolute atomic E-state index is 0.0469. The molecule has 3 aromatic rings. The Morgan fingerprint density at radius 2 is 0.765 bits per heavy atom. The summed E-state index contributed by atoms with van der Waals surface area (Å²) in [5, 5.41) is 41.1.